The van der Waals surface area contributed by atoms with Crippen LogP contribution in [0.25, 0.3) is 0 Å². The number of hydrogen-bond acceptors (Lipinski definition) is 5. The van der Waals surface area contributed by atoms with E-state index in [4.69, 9.17) is 0 Å². The quantitative estimate of drug-likeness (QED) is 0.478. The molecular weight excluding hydrogens is 310 g/mol. The van der Waals surface area contributed by atoms with Gasteiger partial charge in [-0.3, -0.25) is 14.9 Å². The fourth-order valence-electron chi connectivity index (χ4n) is 1.52. The van der Waals surface area contributed by atoms with Gasteiger partial charge in [-0.2, -0.15) is 4.39 Å². The second kappa shape index (κ2) is 6.57. The molecule has 1 N–H and O–H groups in total. The maximum Gasteiger partial charge on any atom is 0.305 e. The second-order valence-corrected chi connectivity index (χ2v) is 6.51. The SMILES string of the molecule is CS(=O)(=O)CCCNC(=O)c1c(F)ccc([N+](=O)[O-])c1F. The highest BCUT2D eigenvalue weighted by Crippen LogP contribution is 2.22. The molecule has 0 fully saturated rings. The lowest BCUT2D eigenvalue weighted by molar-refractivity contribution is -0.387. The number of benzene rings is 1. The first-order valence-corrected chi connectivity index (χ1v) is 7.78. The van der Waals surface area contributed by atoms with Crippen LogP contribution in [0.5, 0.6) is 0 Å². The van der Waals surface area contributed by atoms with Gasteiger partial charge in [-0.1, -0.05) is 0 Å². The molecule has 0 aliphatic carbocycles. The summed E-state index contributed by atoms with van der Waals surface area (Å²) in [6.07, 6.45) is 1.07. The standard InChI is InChI=1S/C11H12F2N2O5S/c1-21(19,20)6-2-5-14-11(16)9-7(12)3-4-8(10(9)13)15(17)18/h3-4H,2,5-6H2,1H3,(H,14,16). The zero-order valence-electron chi connectivity index (χ0n) is 10.9. The van der Waals surface area contributed by atoms with Gasteiger partial charge in [-0.05, 0) is 12.5 Å². The van der Waals surface area contributed by atoms with Crippen molar-refractivity contribution < 1.29 is 26.9 Å². The van der Waals surface area contributed by atoms with Gasteiger partial charge in [-0.25, -0.2) is 12.8 Å². The molecule has 0 radical (unpaired) electrons. The third-order valence-electron chi connectivity index (χ3n) is 2.47. The van der Waals surface area contributed by atoms with E-state index in [1.807, 2.05) is 0 Å². The summed E-state index contributed by atoms with van der Waals surface area (Å²) in [5, 5.41) is 12.6. The summed E-state index contributed by atoms with van der Waals surface area (Å²) in [6.45, 7) is -0.131. The van der Waals surface area contributed by atoms with Gasteiger partial charge in [0.25, 0.3) is 5.91 Å². The molecule has 0 saturated carbocycles. The van der Waals surface area contributed by atoms with Crippen LogP contribution in [0.4, 0.5) is 14.5 Å². The van der Waals surface area contributed by atoms with E-state index in [2.05, 4.69) is 5.32 Å². The maximum atomic E-state index is 13.7. The van der Waals surface area contributed by atoms with Crippen molar-refractivity contribution in [1.29, 1.82) is 0 Å². The Morgan fingerprint density at radius 1 is 1.38 bits per heavy atom. The number of rotatable bonds is 6. The Balaban J connectivity index is 2.83. The van der Waals surface area contributed by atoms with Crippen LogP contribution >= 0.6 is 0 Å². The minimum absolute atomic E-state index is 0.0583. The van der Waals surface area contributed by atoms with Crippen LogP contribution in [0.2, 0.25) is 0 Å². The minimum atomic E-state index is -3.21. The molecule has 0 saturated heterocycles. The molecule has 7 nitrogen and oxygen atoms in total. The Morgan fingerprint density at radius 2 is 2.00 bits per heavy atom. The highest BCUT2D eigenvalue weighted by Gasteiger charge is 2.25. The molecular formula is C11H12F2N2O5S. The number of nitro groups is 1. The molecule has 1 aromatic carbocycles. The van der Waals surface area contributed by atoms with Gasteiger partial charge in [0.2, 0.25) is 5.82 Å². The van der Waals surface area contributed by atoms with Crippen molar-refractivity contribution in [2.75, 3.05) is 18.6 Å². The highest BCUT2D eigenvalue weighted by molar-refractivity contribution is 7.90. The topological polar surface area (TPSA) is 106 Å². The third kappa shape index (κ3) is 4.74. The number of nitrogens with one attached hydrogen (secondary N) is 1. The maximum absolute atomic E-state index is 13.7. The van der Waals surface area contributed by atoms with E-state index in [-0.39, 0.29) is 18.7 Å². The fraction of sp³-hybridized carbons (Fsp3) is 0.364. The van der Waals surface area contributed by atoms with E-state index in [9.17, 15) is 32.1 Å². The van der Waals surface area contributed by atoms with Crippen molar-refractivity contribution in [2.24, 2.45) is 0 Å². The molecule has 0 aliphatic heterocycles. The average molecular weight is 322 g/mol. The van der Waals surface area contributed by atoms with Crippen molar-refractivity contribution in [3.05, 3.63) is 39.4 Å². The lowest BCUT2D eigenvalue weighted by Gasteiger charge is -2.07. The van der Waals surface area contributed by atoms with Gasteiger partial charge in [0.05, 0.1) is 10.7 Å². The predicted molar refractivity (Wildman–Crippen MR) is 69.7 cm³/mol. The van der Waals surface area contributed by atoms with Crippen LogP contribution in [0.3, 0.4) is 0 Å². The molecule has 116 valence electrons. The molecule has 1 rings (SSSR count). The van der Waals surface area contributed by atoms with Crippen LogP contribution in [0.1, 0.15) is 16.8 Å². The number of halogens is 2. The van der Waals surface area contributed by atoms with Gasteiger partial charge >= 0.3 is 5.69 Å². The lowest BCUT2D eigenvalue weighted by Crippen LogP contribution is -2.28. The molecule has 0 unspecified atom stereocenters. The zero-order chi connectivity index (χ0) is 16.2. The second-order valence-electron chi connectivity index (χ2n) is 4.25. The van der Waals surface area contributed by atoms with Gasteiger partial charge in [0.1, 0.15) is 21.2 Å². The summed E-state index contributed by atoms with van der Waals surface area (Å²) >= 11 is 0. The van der Waals surface area contributed by atoms with E-state index in [1.165, 1.54) is 0 Å². The molecule has 21 heavy (non-hydrogen) atoms. The van der Waals surface area contributed by atoms with Gasteiger partial charge in [0, 0.05) is 18.9 Å². The normalized spacial score (nSPS) is 11.2. The summed E-state index contributed by atoms with van der Waals surface area (Å²) in [4.78, 5) is 21.1. The fourth-order valence-corrected chi connectivity index (χ4v) is 2.18. The molecule has 0 spiro atoms. The van der Waals surface area contributed by atoms with E-state index < -0.39 is 43.6 Å². The first kappa shape index (κ1) is 17.0. The number of sulfone groups is 1. The molecule has 0 aromatic heterocycles. The first-order chi connectivity index (χ1) is 9.63. The summed E-state index contributed by atoms with van der Waals surface area (Å²) in [6, 6.07) is 1.23. The van der Waals surface area contributed by atoms with Crippen LogP contribution in [-0.2, 0) is 9.84 Å². The summed E-state index contributed by atoms with van der Waals surface area (Å²) in [5.41, 5.74) is -2.08. The smallest absolute Gasteiger partial charge is 0.305 e. The van der Waals surface area contributed by atoms with E-state index in [0.717, 1.165) is 6.26 Å². The number of carbonyl (C=O) groups excluding carboxylic acids is 1. The Labute approximate surface area is 119 Å². The van der Waals surface area contributed by atoms with Crippen LogP contribution in [0, 0.1) is 21.7 Å². The van der Waals surface area contributed by atoms with Crippen molar-refractivity contribution in [2.45, 2.75) is 6.42 Å². The minimum Gasteiger partial charge on any atom is -0.352 e. The number of carbonyl (C=O) groups is 1. The van der Waals surface area contributed by atoms with Crippen molar-refractivity contribution >= 4 is 21.4 Å². The van der Waals surface area contributed by atoms with E-state index >= 15 is 0 Å². The molecule has 0 atom stereocenters. The van der Waals surface area contributed by atoms with Crippen LogP contribution in [-0.4, -0.2) is 37.8 Å². The lowest BCUT2D eigenvalue weighted by atomic mass is 10.1. The summed E-state index contributed by atoms with van der Waals surface area (Å²) in [7, 11) is -3.21. The zero-order valence-corrected chi connectivity index (χ0v) is 11.7. The molecule has 1 amide bonds. The Morgan fingerprint density at radius 3 is 2.52 bits per heavy atom. The first-order valence-electron chi connectivity index (χ1n) is 5.72. The largest absolute Gasteiger partial charge is 0.352 e. The Kier molecular flexibility index (Phi) is 5.30. The van der Waals surface area contributed by atoms with E-state index in [1.54, 1.807) is 0 Å². The highest BCUT2D eigenvalue weighted by atomic mass is 32.2. The number of amides is 1. The van der Waals surface area contributed by atoms with Gasteiger partial charge < -0.3 is 5.32 Å². The third-order valence-corrected chi connectivity index (χ3v) is 3.50. The van der Waals surface area contributed by atoms with Gasteiger partial charge in [0.15, 0.2) is 0 Å². The van der Waals surface area contributed by atoms with Crippen LogP contribution < -0.4 is 5.32 Å². The van der Waals surface area contributed by atoms with Crippen LogP contribution in [0.15, 0.2) is 12.1 Å². The number of nitrogens with zero attached hydrogens (tertiary/aromatic N) is 1. The van der Waals surface area contributed by atoms with Gasteiger partial charge in [-0.15, -0.1) is 0 Å². The molecule has 0 bridgehead atoms. The number of nitro benzene ring substituents is 1. The molecule has 0 aliphatic rings. The van der Waals surface area contributed by atoms with Crippen molar-refractivity contribution in [1.82, 2.24) is 5.32 Å². The Bertz CT molecular complexity index is 675. The van der Waals surface area contributed by atoms with Crippen molar-refractivity contribution in [3.63, 3.8) is 0 Å². The predicted octanol–water partition coefficient (Wildman–Crippen LogP) is 1.04. The average Bonchev–Trinajstić information content (AvgIpc) is 2.33. The summed E-state index contributed by atoms with van der Waals surface area (Å²) < 4.78 is 48.9. The van der Waals surface area contributed by atoms with Crippen molar-refractivity contribution in [3.8, 4) is 0 Å². The number of hydrogen-bond donors (Lipinski definition) is 1. The molecule has 1 aromatic rings. The molecule has 10 heteroatoms. The summed E-state index contributed by atoms with van der Waals surface area (Å²) in [5.74, 6) is -4.19. The molecule has 0 heterocycles. The van der Waals surface area contributed by atoms with E-state index in [0.29, 0.717) is 12.1 Å². The Hall–Kier alpha value is -2.10. The monoisotopic (exact) mass is 322 g/mol.